The normalized spacial score (nSPS) is 14.4. The number of benzene rings is 1. The topological polar surface area (TPSA) is 55.5 Å². The van der Waals surface area contributed by atoms with Crippen LogP contribution in [0.4, 0.5) is 0 Å². The van der Waals surface area contributed by atoms with Crippen LogP contribution in [0.3, 0.4) is 0 Å². The molecule has 1 atom stereocenters. The number of rotatable bonds is 7. The van der Waals surface area contributed by atoms with Crippen molar-refractivity contribution in [3.8, 4) is 5.75 Å². The highest BCUT2D eigenvalue weighted by Gasteiger charge is 2.16. The van der Waals surface area contributed by atoms with Gasteiger partial charge >= 0.3 is 0 Å². The fourth-order valence-corrected chi connectivity index (χ4v) is 2.33. The van der Waals surface area contributed by atoms with Crippen molar-refractivity contribution in [2.75, 3.05) is 19.4 Å². The molecule has 1 aromatic carbocycles. The molecule has 0 radical (unpaired) electrons. The molecule has 96 valence electrons. The van der Waals surface area contributed by atoms with E-state index in [9.17, 15) is 5.11 Å². The fraction of sp³-hybridized carbons (Fsp3) is 0.538. The molecular formula is C13H21NO2S. The van der Waals surface area contributed by atoms with Crippen molar-refractivity contribution in [1.29, 1.82) is 0 Å². The highest BCUT2D eigenvalue weighted by atomic mass is 32.2. The Morgan fingerprint density at radius 1 is 1.47 bits per heavy atom. The summed E-state index contributed by atoms with van der Waals surface area (Å²) in [5.41, 5.74) is 4.74. The van der Waals surface area contributed by atoms with E-state index in [1.165, 1.54) is 4.90 Å². The van der Waals surface area contributed by atoms with E-state index < -0.39 is 5.60 Å². The van der Waals surface area contributed by atoms with Gasteiger partial charge in [0.1, 0.15) is 5.75 Å². The number of methoxy groups -OCH3 is 1. The molecule has 0 amide bonds. The van der Waals surface area contributed by atoms with Crippen LogP contribution >= 0.6 is 11.8 Å². The third-order valence-electron chi connectivity index (χ3n) is 2.61. The summed E-state index contributed by atoms with van der Waals surface area (Å²) in [5.74, 6) is 1.85. The molecule has 4 heteroatoms. The monoisotopic (exact) mass is 255 g/mol. The third kappa shape index (κ3) is 5.44. The Morgan fingerprint density at radius 3 is 2.88 bits per heavy atom. The molecule has 0 saturated carbocycles. The molecule has 0 fully saturated rings. The van der Waals surface area contributed by atoms with Crippen molar-refractivity contribution in [3.05, 3.63) is 24.3 Å². The molecule has 0 saturated heterocycles. The molecule has 0 aromatic heterocycles. The van der Waals surface area contributed by atoms with Gasteiger partial charge in [-0.2, -0.15) is 0 Å². The predicted molar refractivity (Wildman–Crippen MR) is 72.6 cm³/mol. The molecule has 3 N–H and O–H groups in total. The number of ether oxygens (including phenoxy) is 1. The summed E-state index contributed by atoms with van der Waals surface area (Å²) in [5, 5.41) is 9.75. The van der Waals surface area contributed by atoms with Gasteiger partial charge in [0.2, 0.25) is 0 Å². The van der Waals surface area contributed by atoms with Crippen LogP contribution in [0, 0.1) is 0 Å². The van der Waals surface area contributed by atoms with E-state index in [-0.39, 0.29) is 0 Å². The van der Waals surface area contributed by atoms with Crippen LogP contribution in [0.1, 0.15) is 19.8 Å². The second-order valence-electron chi connectivity index (χ2n) is 4.33. The maximum absolute atomic E-state index is 9.75. The van der Waals surface area contributed by atoms with Crippen LogP contribution in [0.15, 0.2) is 29.2 Å². The van der Waals surface area contributed by atoms with Gasteiger partial charge in [-0.1, -0.05) is 6.07 Å². The van der Waals surface area contributed by atoms with Crippen LogP contribution in [-0.4, -0.2) is 30.1 Å². The number of hydrogen-bond donors (Lipinski definition) is 2. The SMILES string of the molecule is COc1cccc(SCCCC(C)(O)CN)c1. The maximum atomic E-state index is 9.75. The summed E-state index contributed by atoms with van der Waals surface area (Å²) in [6.45, 7) is 2.10. The lowest BCUT2D eigenvalue weighted by molar-refractivity contribution is 0.0596. The minimum atomic E-state index is -0.727. The average molecular weight is 255 g/mol. The molecule has 3 nitrogen and oxygen atoms in total. The molecule has 1 unspecified atom stereocenters. The highest BCUT2D eigenvalue weighted by Crippen LogP contribution is 2.24. The summed E-state index contributed by atoms with van der Waals surface area (Å²) in [6.07, 6.45) is 1.69. The molecule has 0 heterocycles. The van der Waals surface area contributed by atoms with Crippen LogP contribution in [0.2, 0.25) is 0 Å². The van der Waals surface area contributed by atoms with Gasteiger partial charge < -0.3 is 15.6 Å². The summed E-state index contributed by atoms with van der Waals surface area (Å²) >= 11 is 1.77. The molecule has 17 heavy (non-hydrogen) atoms. The lowest BCUT2D eigenvalue weighted by Crippen LogP contribution is -2.34. The van der Waals surface area contributed by atoms with Crippen molar-refractivity contribution in [2.24, 2.45) is 5.73 Å². The van der Waals surface area contributed by atoms with Crippen LogP contribution in [0.5, 0.6) is 5.75 Å². The zero-order chi connectivity index (χ0) is 12.7. The first-order valence-corrected chi connectivity index (χ1v) is 6.75. The number of aliphatic hydroxyl groups is 1. The van der Waals surface area contributed by atoms with Gasteiger partial charge in [0, 0.05) is 11.4 Å². The van der Waals surface area contributed by atoms with Crippen molar-refractivity contribution in [2.45, 2.75) is 30.3 Å². The molecule has 1 aromatic rings. The number of nitrogens with two attached hydrogens (primary N) is 1. The Kier molecular flexibility index (Phi) is 5.82. The lowest BCUT2D eigenvalue weighted by atomic mass is 10.0. The third-order valence-corrected chi connectivity index (χ3v) is 3.69. The zero-order valence-corrected chi connectivity index (χ0v) is 11.3. The van der Waals surface area contributed by atoms with E-state index in [1.807, 2.05) is 18.2 Å². The van der Waals surface area contributed by atoms with Crippen molar-refractivity contribution in [3.63, 3.8) is 0 Å². The van der Waals surface area contributed by atoms with Crippen molar-refractivity contribution >= 4 is 11.8 Å². The Labute approximate surface area is 107 Å². The lowest BCUT2D eigenvalue weighted by Gasteiger charge is -2.20. The van der Waals surface area contributed by atoms with Crippen molar-refractivity contribution < 1.29 is 9.84 Å². The van der Waals surface area contributed by atoms with Crippen LogP contribution in [0.25, 0.3) is 0 Å². The second-order valence-corrected chi connectivity index (χ2v) is 5.50. The van der Waals surface area contributed by atoms with E-state index in [1.54, 1.807) is 25.8 Å². The summed E-state index contributed by atoms with van der Waals surface area (Å²) < 4.78 is 5.16. The van der Waals surface area contributed by atoms with Crippen LogP contribution in [-0.2, 0) is 0 Å². The maximum Gasteiger partial charge on any atom is 0.119 e. The minimum absolute atomic E-state index is 0.316. The molecule has 0 spiro atoms. The fourth-order valence-electron chi connectivity index (χ4n) is 1.44. The van der Waals surface area contributed by atoms with E-state index in [0.717, 1.165) is 24.3 Å². The molecular weight excluding hydrogens is 234 g/mol. The number of thioether (sulfide) groups is 1. The summed E-state index contributed by atoms with van der Waals surface area (Å²) in [6, 6.07) is 8.00. The zero-order valence-electron chi connectivity index (χ0n) is 10.5. The summed E-state index contributed by atoms with van der Waals surface area (Å²) in [7, 11) is 1.67. The van der Waals surface area contributed by atoms with Gasteiger partial charge in [-0.3, -0.25) is 0 Å². The first-order chi connectivity index (χ1) is 8.07. The molecule has 0 aliphatic heterocycles. The largest absolute Gasteiger partial charge is 0.497 e. The smallest absolute Gasteiger partial charge is 0.119 e. The van der Waals surface area contributed by atoms with E-state index in [2.05, 4.69) is 6.07 Å². The molecule has 0 aliphatic carbocycles. The minimum Gasteiger partial charge on any atom is -0.497 e. The summed E-state index contributed by atoms with van der Waals surface area (Å²) in [4.78, 5) is 1.19. The Bertz CT molecular complexity index is 342. The van der Waals surface area contributed by atoms with E-state index in [0.29, 0.717) is 6.54 Å². The molecule has 0 aliphatic rings. The average Bonchev–Trinajstić information content (AvgIpc) is 2.35. The standard InChI is InChI=1S/C13H21NO2S/c1-13(15,10-14)7-4-8-17-12-6-3-5-11(9-12)16-2/h3,5-6,9,15H,4,7-8,10,14H2,1-2H3. The number of hydrogen-bond acceptors (Lipinski definition) is 4. The van der Waals surface area contributed by atoms with Gasteiger partial charge in [-0.25, -0.2) is 0 Å². The first-order valence-electron chi connectivity index (χ1n) is 5.77. The van der Waals surface area contributed by atoms with Crippen LogP contribution < -0.4 is 10.5 Å². The predicted octanol–water partition coefficient (Wildman–Crippen LogP) is 2.28. The van der Waals surface area contributed by atoms with Gasteiger partial charge in [-0.15, -0.1) is 11.8 Å². The van der Waals surface area contributed by atoms with Gasteiger partial charge in [0.05, 0.1) is 12.7 Å². The van der Waals surface area contributed by atoms with Crippen molar-refractivity contribution in [1.82, 2.24) is 0 Å². The van der Waals surface area contributed by atoms with E-state index in [4.69, 9.17) is 10.5 Å². The quantitative estimate of drug-likeness (QED) is 0.580. The Balaban J connectivity index is 2.31. The van der Waals surface area contributed by atoms with Gasteiger partial charge in [0.25, 0.3) is 0 Å². The Hall–Kier alpha value is -0.710. The van der Waals surface area contributed by atoms with Gasteiger partial charge in [-0.05, 0) is 43.7 Å². The van der Waals surface area contributed by atoms with E-state index >= 15 is 0 Å². The highest BCUT2D eigenvalue weighted by molar-refractivity contribution is 7.99. The molecule has 0 bridgehead atoms. The van der Waals surface area contributed by atoms with Gasteiger partial charge in [0.15, 0.2) is 0 Å². The molecule has 1 rings (SSSR count). The first kappa shape index (κ1) is 14.4. The second kappa shape index (κ2) is 6.89. The Morgan fingerprint density at radius 2 is 2.24 bits per heavy atom.